The molecule has 0 saturated heterocycles. The van der Waals surface area contributed by atoms with E-state index >= 15 is 0 Å². The molecule has 0 radical (unpaired) electrons. The summed E-state index contributed by atoms with van der Waals surface area (Å²) in [5.74, 6) is -0.0235. The van der Waals surface area contributed by atoms with Crippen molar-refractivity contribution in [1.29, 1.82) is 0 Å². The van der Waals surface area contributed by atoms with Crippen LogP contribution in [0.5, 0.6) is 0 Å². The van der Waals surface area contributed by atoms with Crippen LogP contribution in [0.15, 0.2) is 0 Å². The Morgan fingerprint density at radius 1 is 0.357 bits per heavy atom. The molecule has 0 spiro atoms. The Kier molecular flexibility index (Phi) is 48.2. The largest absolute Gasteiger partial charge is 0.394 e. The third-order valence-corrected chi connectivity index (χ3v) is 12.6. The molecule has 56 heavy (non-hydrogen) atoms. The summed E-state index contributed by atoms with van der Waals surface area (Å²) in [5.41, 5.74) is 0. The van der Waals surface area contributed by atoms with Gasteiger partial charge in [0.2, 0.25) is 5.91 Å². The van der Waals surface area contributed by atoms with E-state index in [1.165, 1.54) is 257 Å². The molecule has 0 aromatic heterocycles. The summed E-state index contributed by atoms with van der Waals surface area (Å²) in [6.45, 7) is 4.39. The molecule has 0 aliphatic rings. The first kappa shape index (κ1) is 55.4. The number of hydrogen-bond donors (Lipinski definition) is 3. The van der Waals surface area contributed by atoms with Crippen LogP contribution in [0.4, 0.5) is 0 Å². The van der Waals surface area contributed by atoms with Gasteiger partial charge in [-0.3, -0.25) is 4.79 Å². The second-order valence-electron chi connectivity index (χ2n) is 18.3. The average Bonchev–Trinajstić information content (AvgIpc) is 3.20. The summed E-state index contributed by atoms with van der Waals surface area (Å²) in [6, 6.07) is -0.530. The first-order valence-corrected chi connectivity index (χ1v) is 26.2. The molecule has 3 N–H and O–H groups in total. The second-order valence-corrected chi connectivity index (χ2v) is 18.3. The minimum Gasteiger partial charge on any atom is -0.394 e. The highest BCUT2D eigenvalue weighted by atomic mass is 16.3. The van der Waals surface area contributed by atoms with Gasteiger partial charge in [0.15, 0.2) is 0 Å². The SMILES string of the molecule is CCCCCCCCCCCCCCCCCCCCCCCCCCCCCCCC(=O)NC(CO)C(O)CCCCCCCCCCCCCCCCC. The molecule has 4 nitrogen and oxygen atoms in total. The van der Waals surface area contributed by atoms with E-state index in [0.29, 0.717) is 12.8 Å². The standard InChI is InChI=1S/C52H105NO3/c1-3-5-7-9-11-13-15-17-19-20-21-22-23-24-25-26-27-28-29-30-31-32-34-36-38-40-42-44-46-48-52(56)53-50(49-54)51(55)47-45-43-41-39-37-35-33-18-16-14-12-10-8-6-4-2/h50-51,54-55H,3-49H2,1-2H3,(H,53,56). The van der Waals surface area contributed by atoms with Crippen LogP contribution in [0.3, 0.4) is 0 Å². The van der Waals surface area contributed by atoms with Gasteiger partial charge in [-0.1, -0.05) is 290 Å². The van der Waals surface area contributed by atoms with Gasteiger partial charge in [0.1, 0.15) is 0 Å². The van der Waals surface area contributed by atoms with Crippen LogP contribution in [0.25, 0.3) is 0 Å². The third-order valence-electron chi connectivity index (χ3n) is 12.6. The first-order chi connectivity index (χ1) is 27.7. The maximum atomic E-state index is 12.4. The number of carbonyl (C=O) groups excluding carboxylic acids is 1. The Balaban J connectivity index is 3.38. The van der Waals surface area contributed by atoms with Crippen molar-refractivity contribution in [1.82, 2.24) is 5.32 Å². The molecule has 0 aliphatic heterocycles. The van der Waals surface area contributed by atoms with Gasteiger partial charge in [-0.25, -0.2) is 0 Å². The van der Waals surface area contributed by atoms with Crippen LogP contribution in [-0.4, -0.2) is 34.9 Å². The van der Waals surface area contributed by atoms with Gasteiger partial charge in [0, 0.05) is 6.42 Å². The van der Waals surface area contributed by atoms with Crippen LogP contribution < -0.4 is 5.32 Å². The summed E-state index contributed by atoms with van der Waals surface area (Å²) in [5, 5.41) is 23.2. The third kappa shape index (κ3) is 44.5. The summed E-state index contributed by atoms with van der Waals surface area (Å²) >= 11 is 0. The van der Waals surface area contributed by atoms with E-state index in [0.717, 1.165) is 25.7 Å². The molecular weight excluding hydrogens is 687 g/mol. The van der Waals surface area contributed by atoms with Crippen molar-refractivity contribution in [3.63, 3.8) is 0 Å². The number of nitrogens with one attached hydrogen (secondary N) is 1. The predicted molar refractivity (Wildman–Crippen MR) is 249 cm³/mol. The van der Waals surface area contributed by atoms with Gasteiger partial charge >= 0.3 is 0 Å². The average molecular weight is 792 g/mol. The predicted octanol–water partition coefficient (Wildman–Crippen LogP) is 16.8. The Hall–Kier alpha value is -0.610. The second kappa shape index (κ2) is 48.8. The number of unbranched alkanes of at least 4 members (excludes halogenated alkanes) is 42. The molecule has 0 aliphatic carbocycles. The minimum absolute atomic E-state index is 0.0235. The zero-order valence-corrected chi connectivity index (χ0v) is 38.7. The van der Waals surface area contributed by atoms with Crippen molar-refractivity contribution in [2.24, 2.45) is 0 Å². The lowest BCUT2D eigenvalue weighted by molar-refractivity contribution is -0.123. The molecule has 0 aromatic rings. The minimum atomic E-state index is -0.653. The van der Waals surface area contributed by atoms with Crippen LogP contribution >= 0.6 is 0 Å². The molecule has 0 bridgehead atoms. The fourth-order valence-electron chi connectivity index (χ4n) is 8.60. The molecule has 2 atom stereocenters. The van der Waals surface area contributed by atoms with E-state index in [1.807, 2.05) is 0 Å². The van der Waals surface area contributed by atoms with Gasteiger partial charge < -0.3 is 15.5 Å². The summed E-state index contributed by atoms with van der Waals surface area (Å²) in [6.07, 6.45) is 60.8. The lowest BCUT2D eigenvalue weighted by Gasteiger charge is -2.22. The van der Waals surface area contributed by atoms with Gasteiger partial charge in [0.05, 0.1) is 18.8 Å². The number of carbonyl (C=O) groups is 1. The van der Waals surface area contributed by atoms with Crippen molar-refractivity contribution in [2.75, 3.05) is 6.61 Å². The lowest BCUT2D eigenvalue weighted by Crippen LogP contribution is -2.45. The van der Waals surface area contributed by atoms with Gasteiger partial charge in [-0.05, 0) is 12.8 Å². The van der Waals surface area contributed by atoms with Crippen molar-refractivity contribution >= 4 is 5.91 Å². The maximum Gasteiger partial charge on any atom is 0.220 e. The number of aliphatic hydroxyl groups is 2. The smallest absolute Gasteiger partial charge is 0.220 e. The topological polar surface area (TPSA) is 69.6 Å². The summed E-state index contributed by atoms with van der Waals surface area (Å²) in [4.78, 5) is 12.4. The molecule has 336 valence electrons. The molecule has 4 heteroatoms. The van der Waals surface area contributed by atoms with Crippen molar-refractivity contribution in [2.45, 2.75) is 321 Å². The van der Waals surface area contributed by atoms with Crippen molar-refractivity contribution in [3.8, 4) is 0 Å². The van der Waals surface area contributed by atoms with Crippen LogP contribution in [-0.2, 0) is 4.79 Å². The highest BCUT2D eigenvalue weighted by molar-refractivity contribution is 5.76. The van der Waals surface area contributed by atoms with E-state index in [1.54, 1.807) is 0 Å². The van der Waals surface area contributed by atoms with Crippen LogP contribution in [0.2, 0.25) is 0 Å². The Labute approximate surface area is 353 Å². The van der Waals surface area contributed by atoms with Crippen molar-refractivity contribution in [3.05, 3.63) is 0 Å². The molecule has 0 saturated carbocycles. The van der Waals surface area contributed by atoms with Gasteiger partial charge in [0.25, 0.3) is 0 Å². The fourth-order valence-corrected chi connectivity index (χ4v) is 8.60. The first-order valence-electron chi connectivity index (χ1n) is 26.2. The number of hydrogen-bond acceptors (Lipinski definition) is 3. The summed E-state index contributed by atoms with van der Waals surface area (Å²) < 4.78 is 0. The zero-order valence-electron chi connectivity index (χ0n) is 38.7. The van der Waals surface area contributed by atoms with E-state index in [2.05, 4.69) is 19.2 Å². The Bertz CT molecular complexity index is 729. The maximum absolute atomic E-state index is 12.4. The molecular formula is C52H105NO3. The molecule has 2 unspecified atom stereocenters. The summed E-state index contributed by atoms with van der Waals surface area (Å²) in [7, 11) is 0. The molecule has 0 rings (SSSR count). The Morgan fingerprint density at radius 3 is 0.804 bits per heavy atom. The fraction of sp³-hybridized carbons (Fsp3) is 0.981. The molecule has 0 heterocycles. The van der Waals surface area contributed by atoms with E-state index in [-0.39, 0.29) is 12.5 Å². The van der Waals surface area contributed by atoms with Gasteiger partial charge in [-0.15, -0.1) is 0 Å². The monoisotopic (exact) mass is 792 g/mol. The number of rotatable bonds is 49. The van der Waals surface area contributed by atoms with Crippen LogP contribution in [0.1, 0.15) is 309 Å². The van der Waals surface area contributed by atoms with Gasteiger partial charge in [-0.2, -0.15) is 0 Å². The highest BCUT2D eigenvalue weighted by Gasteiger charge is 2.20. The lowest BCUT2D eigenvalue weighted by atomic mass is 10.0. The van der Waals surface area contributed by atoms with E-state index < -0.39 is 12.1 Å². The number of aliphatic hydroxyl groups excluding tert-OH is 2. The highest BCUT2D eigenvalue weighted by Crippen LogP contribution is 2.18. The molecule has 1 amide bonds. The zero-order chi connectivity index (χ0) is 40.7. The van der Waals surface area contributed by atoms with Crippen molar-refractivity contribution < 1.29 is 15.0 Å². The van der Waals surface area contributed by atoms with E-state index in [4.69, 9.17) is 0 Å². The quantitative estimate of drug-likeness (QED) is 0.0538. The Morgan fingerprint density at radius 2 is 0.571 bits per heavy atom. The molecule has 0 fully saturated rings. The molecule has 0 aromatic carbocycles. The van der Waals surface area contributed by atoms with E-state index in [9.17, 15) is 15.0 Å². The number of amides is 1. The van der Waals surface area contributed by atoms with Crippen LogP contribution in [0, 0.1) is 0 Å². The normalized spacial score (nSPS) is 12.7.